The summed E-state index contributed by atoms with van der Waals surface area (Å²) in [6, 6.07) is 1.96. The van der Waals surface area contributed by atoms with Gasteiger partial charge in [-0.15, -0.1) is 0 Å². The minimum atomic E-state index is -0.0937. The van der Waals surface area contributed by atoms with E-state index in [0.717, 1.165) is 10.6 Å². The molecule has 0 amide bonds. The number of hydrogen-bond donors (Lipinski definition) is 0. The monoisotopic (exact) mass is 199 g/mol. The lowest BCUT2D eigenvalue weighted by molar-refractivity contribution is 0.0966. The van der Waals surface area contributed by atoms with E-state index in [1.807, 2.05) is 18.2 Å². The maximum atomic E-state index is 11.5. The Kier molecular flexibility index (Phi) is 2.42. The van der Waals surface area contributed by atoms with Gasteiger partial charge in [0.05, 0.1) is 5.35 Å². The average molecular weight is 199 g/mol. The van der Waals surface area contributed by atoms with E-state index < -0.39 is 0 Å². The van der Waals surface area contributed by atoms with Crippen LogP contribution in [-0.4, -0.2) is 10.5 Å². The third-order valence-corrected chi connectivity index (χ3v) is 2.48. The average Bonchev–Trinajstić information content (AvgIpc) is 2.52. The van der Waals surface area contributed by atoms with Gasteiger partial charge in [-0.2, -0.15) is 0 Å². The second-order valence-electron chi connectivity index (χ2n) is 3.65. The van der Waals surface area contributed by atoms with Gasteiger partial charge in [0.15, 0.2) is 0 Å². The number of allylic oxidation sites excluding steroid dienone is 3. The van der Waals surface area contributed by atoms with E-state index in [2.05, 4.69) is 25.7 Å². The van der Waals surface area contributed by atoms with Crippen LogP contribution < -0.4 is 10.6 Å². The summed E-state index contributed by atoms with van der Waals surface area (Å²) < 4.78 is 1.61. The number of hydrogen-bond acceptors (Lipinski definition) is 1. The van der Waals surface area contributed by atoms with E-state index in [-0.39, 0.29) is 5.91 Å². The summed E-state index contributed by atoms with van der Waals surface area (Å²) >= 11 is 0. The Labute approximate surface area is 88.5 Å². The maximum absolute atomic E-state index is 11.5. The standard InChI is InChI=1S/C13H13NO/c1-3-13(15)14-8-7-11-9-10(2)5-4-6-12(11)14/h3-10H,1H2,2H3. The Morgan fingerprint density at radius 1 is 1.60 bits per heavy atom. The normalized spacial score (nSPS) is 18.3. The van der Waals surface area contributed by atoms with Crippen molar-refractivity contribution < 1.29 is 4.79 Å². The second-order valence-corrected chi connectivity index (χ2v) is 3.65. The summed E-state index contributed by atoms with van der Waals surface area (Å²) in [6.07, 6.45) is 11.3. The summed E-state index contributed by atoms with van der Waals surface area (Å²) in [5, 5.41) is 2.03. The molecule has 0 spiro atoms. The van der Waals surface area contributed by atoms with Crippen LogP contribution in [0.4, 0.5) is 0 Å². The number of carbonyl (C=O) groups excluding carboxylic acids is 1. The Bertz CT molecular complexity index is 546. The quantitative estimate of drug-likeness (QED) is 0.620. The van der Waals surface area contributed by atoms with E-state index in [9.17, 15) is 4.79 Å². The van der Waals surface area contributed by atoms with Gasteiger partial charge >= 0.3 is 0 Å². The topological polar surface area (TPSA) is 22.0 Å². The van der Waals surface area contributed by atoms with Crippen molar-refractivity contribution in [3.05, 3.63) is 47.6 Å². The van der Waals surface area contributed by atoms with E-state index in [1.165, 1.54) is 6.08 Å². The van der Waals surface area contributed by atoms with Gasteiger partial charge < -0.3 is 0 Å². The molecular formula is C13H13NO. The van der Waals surface area contributed by atoms with Crippen LogP contribution >= 0.6 is 0 Å². The first-order chi connectivity index (χ1) is 7.22. The molecule has 0 fully saturated rings. The van der Waals surface area contributed by atoms with Crippen molar-refractivity contribution in [2.45, 2.75) is 6.92 Å². The molecule has 0 saturated carbocycles. The van der Waals surface area contributed by atoms with Gasteiger partial charge in [-0.1, -0.05) is 31.7 Å². The molecule has 76 valence electrons. The van der Waals surface area contributed by atoms with E-state index in [4.69, 9.17) is 0 Å². The molecule has 1 unspecified atom stereocenters. The van der Waals surface area contributed by atoms with Crippen LogP contribution in [0.25, 0.3) is 12.2 Å². The zero-order chi connectivity index (χ0) is 10.8. The molecule has 15 heavy (non-hydrogen) atoms. The molecule has 1 aromatic heterocycles. The fourth-order valence-electron chi connectivity index (χ4n) is 1.73. The molecule has 0 aliphatic heterocycles. The number of carbonyl (C=O) groups is 1. The van der Waals surface area contributed by atoms with Crippen LogP contribution in [0.15, 0.2) is 37.1 Å². The molecule has 2 nitrogen and oxygen atoms in total. The van der Waals surface area contributed by atoms with Crippen LogP contribution in [-0.2, 0) is 0 Å². The molecule has 2 heteroatoms. The molecule has 1 aromatic rings. The number of rotatable bonds is 1. The molecule has 2 rings (SSSR count). The van der Waals surface area contributed by atoms with Crippen molar-refractivity contribution in [1.29, 1.82) is 0 Å². The summed E-state index contributed by atoms with van der Waals surface area (Å²) in [4.78, 5) is 11.5. The minimum absolute atomic E-state index is 0.0937. The smallest absolute Gasteiger partial charge is 0.254 e. The molecule has 0 N–H and O–H groups in total. The predicted molar refractivity (Wildman–Crippen MR) is 61.7 cm³/mol. The molecule has 0 saturated heterocycles. The lowest BCUT2D eigenvalue weighted by Gasteiger charge is -1.95. The molecule has 1 aliphatic carbocycles. The Morgan fingerprint density at radius 3 is 3.13 bits per heavy atom. The highest BCUT2D eigenvalue weighted by atomic mass is 16.1. The highest BCUT2D eigenvalue weighted by molar-refractivity contribution is 5.89. The van der Waals surface area contributed by atoms with Crippen molar-refractivity contribution in [2.75, 3.05) is 0 Å². The first-order valence-corrected chi connectivity index (χ1v) is 4.97. The lowest BCUT2D eigenvalue weighted by Crippen LogP contribution is -2.31. The molecule has 1 aliphatic rings. The third kappa shape index (κ3) is 1.71. The number of fused-ring (bicyclic) bond motifs is 1. The van der Waals surface area contributed by atoms with Crippen molar-refractivity contribution in [1.82, 2.24) is 4.57 Å². The third-order valence-electron chi connectivity index (χ3n) is 2.48. The van der Waals surface area contributed by atoms with Crippen LogP contribution in [0.3, 0.4) is 0 Å². The molecular weight excluding hydrogens is 186 g/mol. The fraction of sp³-hybridized carbons (Fsp3) is 0.154. The summed E-state index contributed by atoms with van der Waals surface area (Å²) in [7, 11) is 0. The second kappa shape index (κ2) is 3.73. The zero-order valence-electron chi connectivity index (χ0n) is 8.68. The summed E-state index contributed by atoms with van der Waals surface area (Å²) in [5.74, 6) is 0.307. The molecule has 0 aromatic carbocycles. The van der Waals surface area contributed by atoms with Crippen molar-refractivity contribution in [3.63, 3.8) is 0 Å². The van der Waals surface area contributed by atoms with Gasteiger partial charge in [0, 0.05) is 6.20 Å². The molecule has 1 heterocycles. The van der Waals surface area contributed by atoms with Crippen molar-refractivity contribution in [3.8, 4) is 0 Å². The van der Waals surface area contributed by atoms with E-state index in [1.54, 1.807) is 10.8 Å². The zero-order valence-corrected chi connectivity index (χ0v) is 8.68. The Balaban J connectivity index is 2.70. The minimum Gasteiger partial charge on any atom is -0.284 e. The van der Waals surface area contributed by atoms with Crippen LogP contribution in [0.5, 0.6) is 0 Å². The lowest BCUT2D eigenvalue weighted by atomic mass is 10.1. The van der Waals surface area contributed by atoms with E-state index >= 15 is 0 Å². The van der Waals surface area contributed by atoms with Gasteiger partial charge in [-0.3, -0.25) is 9.36 Å². The van der Waals surface area contributed by atoms with Crippen LogP contribution in [0.1, 0.15) is 11.7 Å². The predicted octanol–water partition coefficient (Wildman–Crippen LogP) is 1.08. The van der Waals surface area contributed by atoms with Crippen LogP contribution in [0.2, 0.25) is 0 Å². The van der Waals surface area contributed by atoms with Gasteiger partial charge in [-0.05, 0) is 29.4 Å². The SMILES string of the molecule is C=CC(=O)n1ccc2c1=CC=CC(C)C=2. The highest BCUT2D eigenvalue weighted by Gasteiger charge is 2.03. The van der Waals surface area contributed by atoms with E-state index in [0.29, 0.717) is 5.92 Å². The Morgan fingerprint density at radius 2 is 2.40 bits per heavy atom. The molecule has 1 atom stereocenters. The van der Waals surface area contributed by atoms with Gasteiger partial charge in [-0.25, -0.2) is 0 Å². The molecule has 0 bridgehead atoms. The van der Waals surface area contributed by atoms with Crippen molar-refractivity contribution in [2.24, 2.45) is 5.92 Å². The van der Waals surface area contributed by atoms with Crippen LogP contribution in [0, 0.1) is 5.92 Å². The molecule has 0 radical (unpaired) electrons. The Hall–Kier alpha value is -1.83. The largest absolute Gasteiger partial charge is 0.284 e. The highest BCUT2D eigenvalue weighted by Crippen LogP contribution is 2.00. The summed E-state index contributed by atoms with van der Waals surface area (Å²) in [5.41, 5.74) is 0. The first-order valence-electron chi connectivity index (χ1n) is 4.97. The van der Waals surface area contributed by atoms with Gasteiger partial charge in [0.25, 0.3) is 5.91 Å². The fourth-order valence-corrected chi connectivity index (χ4v) is 1.73. The van der Waals surface area contributed by atoms with Gasteiger partial charge in [0.1, 0.15) is 0 Å². The first kappa shape index (κ1) is 9.71. The summed E-state index contributed by atoms with van der Waals surface area (Å²) in [6.45, 7) is 5.61. The maximum Gasteiger partial charge on any atom is 0.254 e. The number of nitrogens with zero attached hydrogens (tertiary/aromatic N) is 1. The van der Waals surface area contributed by atoms with Gasteiger partial charge in [0.2, 0.25) is 0 Å². The number of aromatic nitrogens is 1. The van der Waals surface area contributed by atoms with Crippen molar-refractivity contribution >= 4 is 18.1 Å².